The monoisotopic (exact) mass is 540 g/mol. The molecule has 1 saturated carbocycles. The summed E-state index contributed by atoms with van der Waals surface area (Å²) in [5.74, 6) is 1.83. The molecule has 0 unspecified atom stereocenters. The van der Waals surface area contributed by atoms with Crippen LogP contribution < -0.4 is 14.8 Å². The van der Waals surface area contributed by atoms with E-state index in [-0.39, 0.29) is 17.9 Å². The molecule has 0 amide bonds. The Bertz CT molecular complexity index is 1790. The number of aromatic nitrogens is 6. The molecule has 2 N–H and O–H groups in total. The van der Waals surface area contributed by atoms with E-state index in [1.54, 1.807) is 26.3 Å². The molecule has 5 aromatic rings. The molecule has 0 radical (unpaired) electrons. The van der Waals surface area contributed by atoms with Crippen molar-refractivity contribution in [3.8, 4) is 22.9 Å². The van der Waals surface area contributed by atoms with E-state index in [0.29, 0.717) is 37.9 Å². The van der Waals surface area contributed by atoms with Crippen LogP contribution in [0, 0.1) is 0 Å². The highest BCUT2D eigenvalue weighted by atomic mass is 32.1. The van der Waals surface area contributed by atoms with Gasteiger partial charge in [0, 0.05) is 10.9 Å². The third-order valence-electron chi connectivity index (χ3n) is 6.17. The quantitative estimate of drug-likeness (QED) is 0.294. The van der Waals surface area contributed by atoms with Crippen LogP contribution in [0.15, 0.2) is 41.2 Å². The smallest absolute Gasteiger partial charge is 0.497 e. The van der Waals surface area contributed by atoms with Crippen molar-refractivity contribution in [3.63, 3.8) is 0 Å². The second-order valence-corrected chi connectivity index (χ2v) is 10.9. The number of phosphoric ester groups is 1. The Balaban J connectivity index is 1.64. The first-order chi connectivity index (χ1) is 17.7. The summed E-state index contributed by atoms with van der Waals surface area (Å²) in [5, 5.41) is 13.0. The standard InChI is InChI=1S/C23H21N6O6PS/c1-28-26-18(25-27-28)11-29-21(14-9-8-13(34-2)10-16(14)12-6-7-12)24-22-19(23(29)30)15-4-3-5-17(20(15)37-22)35-36(31,32)33/h3-5,8-10,12H,6-7,11H2,1-2H3,(H2,31,32,33). The molecule has 14 heteroatoms. The number of ether oxygens (including phenoxy) is 1. The van der Waals surface area contributed by atoms with Crippen LogP contribution in [-0.4, -0.2) is 46.7 Å². The zero-order valence-electron chi connectivity index (χ0n) is 19.7. The van der Waals surface area contributed by atoms with Crippen molar-refractivity contribution >= 4 is 39.5 Å². The maximum Gasteiger partial charge on any atom is 0.524 e. The highest BCUT2D eigenvalue weighted by Gasteiger charge is 2.30. The maximum absolute atomic E-state index is 14.1. The minimum absolute atomic E-state index is 0.0138. The lowest BCUT2D eigenvalue weighted by molar-refractivity contribution is 0.284. The molecule has 37 heavy (non-hydrogen) atoms. The number of methoxy groups -OCH3 is 1. The fourth-order valence-corrected chi connectivity index (χ4v) is 6.02. The number of fused-ring (bicyclic) bond motifs is 3. The molecule has 0 spiro atoms. The summed E-state index contributed by atoms with van der Waals surface area (Å²) in [4.78, 5) is 39.5. The maximum atomic E-state index is 14.1. The first-order valence-corrected chi connectivity index (χ1v) is 13.7. The molecule has 1 fully saturated rings. The van der Waals surface area contributed by atoms with Gasteiger partial charge in [-0.15, -0.1) is 21.5 Å². The number of hydrogen-bond acceptors (Lipinski definition) is 9. The van der Waals surface area contributed by atoms with Crippen molar-refractivity contribution in [2.45, 2.75) is 25.3 Å². The molecule has 0 saturated heterocycles. The largest absolute Gasteiger partial charge is 0.524 e. The molecule has 12 nitrogen and oxygen atoms in total. The van der Waals surface area contributed by atoms with Crippen molar-refractivity contribution in [2.75, 3.05) is 7.11 Å². The van der Waals surface area contributed by atoms with Crippen molar-refractivity contribution in [2.24, 2.45) is 7.05 Å². The highest BCUT2D eigenvalue weighted by Crippen LogP contribution is 2.47. The number of tetrazole rings is 1. The van der Waals surface area contributed by atoms with Crippen LogP contribution in [0.4, 0.5) is 0 Å². The molecule has 3 heterocycles. The minimum atomic E-state index is -4.81. The summed E-state index contributed by atoms with van der Waals surface area (Å²) in [7, 11) is -1.56. The Hall–Kier alpha value is -3.64. The highest BCUT2D eigenvalue weighted by molar-refractivity contribution is 7.46. The topological polar surface area (TPSA) is 154 Å². The van der Waals surface area contributed by atoms with Crippen LogP contribution >= 0.6 is 19.2 Å². The zero-order chi connectivity index (χ0) is 25.9. The molecule has 0 aliphatic heterocycles. The summed E-state index contributed by atoms with van der Waals surface area (Å²) in [6.07, 6.45) is 2.06. The van der Waals surface area contributed by atoms with Gasteiger partial charge in [-0.1, -0.05) is 12.1 Å². The van der Waals surface area contributed by atoms with E-state index in [1.165, 1.54) is 15.4 Å². The number of thiophene rings is 1. The summed E-state index contributed by atoms with van der Waals surface area (Å²) >= 11 is 1.14. The summed E-state index contributed by atoms with van der Waals surface area (Å²) in [6, 6.07) is 10.4. The third kappa shape index (κ3) is 4.40. The Morgan fingerprint density at radius 2 is 2.03 bits per heavy atom. The minimum Gasteiger partial charge on any atom is -0.497 e. The van der Waals surface area contributed by atoms with Crippen LogP contribution in [0.25, 0.3) is 31.7 Å². The van der Waals surface area contributed by atoms with Crippen LogP contribution in [0.3, 0.4) is 0 Å². The predicted octanol–water partition coefficient (Wildman–Crippen LogP) is 3.21. The van der Waals surface area contributed by atoms with Crippen molar-refractivity contribution < 1.29 is 23.6 Å². The van der Waals surface area contributed by atoms with Crippen LogP contribution in [0.5, 0.6) is 11.5 Å². The van der Waals surface area contributed by atoms with Crippen molar-refractivity contribution in [1.82, 2.24) is 29.8 Å². The fourth-order valence-electron chi connectivity index (χ4n) is 4.44. The molecule has 3 aromatic heterocycles. The lowest BCUT2D eigenvalue weighted by atomic mass is 10.0. The number of hydrogen-bond donors (Lipinski definition) is 2. The molecule has 0 bridgehead atoms. The van der Waals surface area contributed by atoms with E-state index in [4.69, 9.17) is 14.2 Å². The molecule has 1 aliphatic carbocycles. The number of phosphoric acid groups is 1. The lowest BCUT2D eigenvalue weighted by Gasteiger charge is -2.15. The predicted molar refractivity (Wildman–Crippen MR) is 136 cm³/mol. The van der Waals surface area contributed by atoms with Gasteiger partial charge in [0.25, 0.3) is 5.56 Å². The Morgan fingerprint density at radius 3 is 2.70 bits per heavy atom. The Labute approximate surface area is 213 Å². The van der Waals surface area contributed by atoms with Gasteiger partial charge in [0.1, 0.15) is 22.2 Å². The molecule has 2 aromatic carbocycles. The average Bonchev–Trinajstić information content (AvgIpc) is 3.51. The van der Waals surface area contributed by atoms with Crippen LogP contribution in [0.2, 0.25) is 0 Å². The molecule has 190 valence electrons. The Morgan fingerprint density at radius 1 is 1.22 bits per heavy atom. The van der Waals surface area contributed by atoms with Gasteiger partial charge in [-0.3, -0.25) is 19.1 Å². The van der Waals surface area contributed by atoms with E-state index in [0.717, 1.165) is 41.1 Å². The molecular formula is C23H21N6O6PS. The van der Waals surface area contributed by atoms with E-state index in [1.807, 2.05) is 18.2 Å². The first-order valence-electron chi connectivity index (χ1n) is 11.3. The molecule has 1 aliphatic rings. The van der Waals surface area contributed by atoms with Gasteiger partial charge >= 0.3 is 7.82 Å². The third-order valence-corrected chi connectivity index (χ3v) is 7.71. The first kappa shape index (κ1) is 23.7. The average molecular weight is 540 g/mol. The van der Waals surface area contributed by atoms with E-state index in [9.17, 15) is 19.1 Å². The zero-order valence-corrected chi connectivity index (χ0v) is 21.4. The van der Waals surface area contributed by atoms with E-state index in [2.05, 4.69) is 15.4 Å². The van der Waals surface area contributed by atoms with E-state index >= 15 is 0 Å². The number of rotatable bonds is 7. The van der Waals surface area contributed by atoms with Gasteiger partial charge < -0.3 is 9.26 Å². The van der Waals surface area contributed by atoms with Crippen molar-refractivity contribution in [3.05, 3.63) is 58.1 Å². The van der Waals surface area contributed by atoms with Gasteiger partial charge in [-0.2, -0.15) is 4.80 Å². The molecular weight excluding hydrogens is 519 g/mol. The van der Waals surface area contributed by atoms with Gasteiger partial charge in [0.15, 0.2) is 5.82 Å². The second-order valence-electron chi connectivity index (χ2n) is 8.75. The van der Waals surface area contributed by atoms with Crippen LogP contribution in [0.1, 0.15) is 30.1 Å². The van der Waals surface area contributed by atoms with Gasteiger partial charge in [-0.25, -0.2) is 9.55 Å². The summed E-state index contributed by atoms with van der Waals surface area (Å²) < 4.78 is 23.8. The molecule has 6 rings (SSSR count). The van der Waals surface area contributed by atoms with Gasteiger partial charge in [0.05, 0.1) is 30.8 Å². The Kier molecular flexibility index (Phi) is 5.60. The van der Waals surface area contributed by atoms with Gasteiger partial charge in [0.2, 0.25) is 0 Å². The van der Waals surface area contributed by atoms with Crippen molar-refractivity contribution in [1.29, 1.82) is 0 Å². The summed E-state index contributed by atoms with van der Waals surface area (Å²) in [6.45, 7) is 0.0388. The summed E-state index contributed by atoms with van der Waals surface area (Å²) in [5.41, 5.74) is 1.51. The number of benzene rings is 2. The van der Waals surface area contributed by atoms with Crippen LogP contribution in [-0.2, 0) is 18.2 Å². The second kappa shape index (κ2) is 8.73. The number of aryl methyl sites for hydroxylation is 1. The van der Waals surface area contributed by atoms with Gasteiger partial charge in [-0.05, 0) is 53.8 Å². The lowest BCUT2D eigenvalue weighted by Crippen LogP contribution is -2.24. The number of nitrogens with zero attached hydrogens (tertiary/aromatic N) is 6. The molecule has 0 atom stereocenters. The normalized spacial score (nSPS) is 13.9. The van der Waals surface area contributed by atoms with E-state index < -0.39 is 7.82 Å². The SMILES string of the molecule is COc1ccc(-c2nc3sc4c(OP(=O)(O)O)cccc4c3c(=O)n2Cc2nnn(C)n2)c(C2CC2)c1. The fraction of sp³-hybridized carbons (Fsp3) is 0.261.